The Morgan fingerprint density at radius 3 is 2.33 bits per heavy atom. The first-order valence-electron chi connectivity index (χ1n) is 5.34. The summed E-state index contributed by atoms with van der Waals surface area (Å²) in [4.78, 5) is 11.3. The Morgan fingerprint density at radius 2 is 1.93 bits per heavy atom. The molecule has 0 amide bonds. The van der Waals surface area contributed by atoms with E-state index in [4.69, 9.17) is 0 Å². The summed E-state index contributed by atoms with van der Waals surface area (Å²) in [5.41, 5.74) is -0.476. The standard InChI is InChI=1S/C12H22O3/c1-9(2)10(13)7-5-6-8-11(14)12(3,4)15/h10,13,15H,1,5-8H2,2-4H3. The zero-order valence-electron chi connectivity index (χ0n) is 9.92. The van der Waals surface area contributed by atoms with Crippen molar-refractivity contribution in [2.24, 2.45) is 0 Å². The third-order valence-electron chi connectivity index (χ3n) is 2.38. The Bertz CT molecular complexity index is 226. The number of hydrogen-bond donors (Lipinski definition) is 2. The van der Waals surface area contributed by atoms with Crippen LogP contribution in [0.5, 0.6) is 0 Å². The van der Waals surface area contributed by atoms with Gasteiger partial charge in [0, 0.05) is 6.42 Å². The molecule has 3 nitrogen and oxygen atoms in total. The van der Waals surface area contributed by atoms with Crippen molar-refractivity contribution in [1.82, 2.24) is 0 Å². The Kier molecular flexibility index (Phi) is 5.76. The van der Waals surface area contributed by atoms with E-state index in [1.54, 1.807) is 6.92 Å². The van der Waals surface area contributed by atoms with Gasteiger partial charge in [0.25, 0.3) is 0 Å². The van der Waals surface area contributed by atoms with E-state index in [1.165, 1.54) is 13.8 Å². The molecular formula is C12H22O3. The molecule has 0 aliphatic rings. The van der Waals surface area contributed by atoms with Crippen molar-refractivity contribution in [3.8, 4) is 0 Å². The second-order valence-electron chi connectivity index (χ2n) is 4.59. The maximum atomic E-state index is 11.3. The Hall–Kier alpha value is -0.670. The second-order valence-corrected chi connectivity index (χ2v) is 4.59. The van der Waals surface area contributed by atoms with Crippen LogP contribution in [0.3, 0.4) is 0 Å². The number of ketones is 1. The number of hydrogen-bond acceptors (Lipinski definition) is 3. The van der Waals surface area contributed by atoms with Crippen LogP contribution in [0.4, 0.5) is 0 Å². The molecule has 0 aromatic carbocycles. The highest BCUT2D eigenvalue weighted by atomic mass is 16.3. The summed E-state index contributed by atoms with van der Waals surface area (Å²) >= 11 is 0. The SMILES string of the molecule is C=C(C)C(O)CCCCC(=O)C(C)(C)O. The van der Waals surface area contributed by atoms with E-state index in [1.807, 2.05) is 0 Å². The first kappa shape index (κ1) is 14.3. The average molecular weight is 214 g/mol. The largest absolute Gasteiger partial charge is 0.389 e. The Morgan fingerprint density at radius 1 is 1.40 bits per heavy atom. The lowest BCUT2D eigenvalue weighted by Crippen LogP contribution is -2.30. The zero-order chi connectivity index (χ0) is 12.1. The van der Waals surface area contributed by atoms with Gasteiger partial charge in [-0.3, -0.25) is 4.79 Å². The molecule has 88 valence electrons. The molecule has 0 saturated carbocycles. The van der Waals surface area contributed by atoms with Crippen LogP contribution in [0.25, 0.3) is 0 Å². The molecule has 0 aliphatic carbocycles. The normalized spacial score (nSPS) is 13.7. The van der Waals surface area contributed by atoms with Crippen LogP contribution in [0, 0.1) is 0 Å². The van der Waals surface area contributed by atoms with Crippen LogP contribution in [-0.2, 0) is 4.79 Å². The van der Waals surface area contributed by atoms with Crippen LogP contribution in [0.1, 0.15) is 46.5 Å². The number of Topliss-reactive ketones (excluding diaryl/α,β-unsaturated/α-hetero) is 1. The van der Waals surface area contributed by atoms with Crippen molar-refractivity contribution in [2.75, 3.05) is 0 Å². The summed E-state index contributed by atoms with van der Waals surface area (Å²) in [6.45, 7) is 8.43. The van der Waals surface area contributed by atoms with Gasteiger partial charge in [-0.15, -0.1) is 0 Å². The first-order chi connectivity index (χ1) is 6.75. The smallest absolute Gasteiger partial charge is 0.163 e. The van der Waals surface area contributed by atoms with Crippen LogP contribution in [0.2, 0.25) is 0 Å². The molecule has 1 atom stereocenters. The van der Waals surface area contributed by atoms with Gasteiger partial charge in [0.15, 0.2) is 5.78 Å². The van der Waals surface area contributed by atoms with Crippen molar-refractivity contribution in [2.45, 2.75) is 58.2 Å². The van der Waals surface area contributed by atoms with E-state index < -0.39 is 11.7 Å². The van der Waals surface area contributed by atoms with E-state index >= 15 is 0 Å². The molecule has 0 fully saturated rings. The minimum Gasteiger partial charge on any atom is -0.389 e. The van der Waals surface area contributed by atoms with Gasteiger partial charge >= 0.3 is 0 Å². The fraction of sp³-hybridized carbons (Fsp3) is 0.750. The van der Waals surface area contributed by atoms with E-state index in [2.05, 4.69) is 6.58 Å². The van der Waals surface area contributed by atoms with Gasteiger partial charge in [-0.2, -0.15) is 0 Å². The number of rotatable bonds is 7. The molecule has 0 rings (SSSR count). The lowest BCUT2D eigenvalue weighted by molar-refractivity contribution is -0.134. The fourth-order valence-electron chi connectivity index (χ4n) is 1.18. The monoisotopic (exact) mass is 214 g/mol. The quantitative estimate of drug-likeness (QED) is 0.502. The maximum Gasteiger partial charge on any atom is 0.163 e. The van der Waals surface area contributed by atoms with Crippen molar-refractivity contribution in [3.63, 3.8) is 0 Å². The molecule has 2 N–H and O–H groups in total. The predicted octanol–water partition coefficient (Wildman–Crippen LogP) is 1.82. The van der Waals surface area contributed by atoms with Gasteiger partial charge in [-0.25, -0.2) is 0 Å². The highest BCUT2D eigenvalue weighted by Gasteiger charge is 2.22. The molecule has 0 bridgehead atoms. The van der Waals surface area contributed by atoms with Gasteiger partial charge in [0.05, 0.1) is 6.10 Å². The summed E-state index contributed by atoms with van der Waals surface area (Å²) in [6, 6.07) is 0. The molecule has 15 heavy (non-hydrogen) atoms. The molecule has 1 unspecified atom stereocenters. The van der Waals surface area contributed by atoms with Crippen molar-refractivity contribution >= 4 is 5.78 Å². The summed E-state index contributed by atoms with van der Waals surface area (Å²) in [5, 5.41) is 18.8. The first-order valence-corrected chi connectivity index (χ1v) is 5.34. The van der Waals surface area contributed by atoms with E-state index in [9.17, 15) is 15.0 Å². The van der Waals surface area contributed by atoms with Crippen LogP contribution < -0.4 is 0 Å². The molecule has 0 radical (unpaired) electrons. The maximum absolute atomic E-state index is 11.3. The van der Waals surface area contributed by atoms with Crippen LogP contribution in [-0.4, -0.2) is 27.7 Å². The lowest BCUT2D eigenvalue weighted by Gasteiger charge is -2.15. The number of aliphatic hydroxyl groups is 2. The van der Waals surface area contributed by atoms with Crippen molar-refractivity contribution < 1.29 is 15.0 Å². The predicted molar refractivity (Wildman–Crippen MR) is 60.6 cm³/mol. The number of carbonyl (C=O) groups excluding carboxylic acids is 1. The number of unbranched alkanes of at least 4 members (excludes halogenated alkanes) is 1. The van der Waals surface area contributed by atoms with E-state index in [0.29, 0.717) is 19.3 Å². The van der Waals surface area contributed by atoms with E-state index in [0.717, 1.165) is 12.0 Å². The van der Waals surface area contributed by atoms with Gasteiger partial charge < -0.3 is 10.2 Å². The topological polar surface area (TPSA) is 57.5 Å². The highest BCUT2D eigenvalue weighted by Crippen LogP contribution is 2.13. The third-order valence-corrected chi connectivity index (χ3v) is 2.38. The molecule has 0 spiro atoms. The van der Waals surface area contributed by atoms with E-state index in [-0.39, 0.29) is 5.78 Å². The summed E-state index contributed by atoms with van der Waals surface area (Å²) in [6.07, 6.45) is 2.01. The molecule has 0 heterocycles. The van der Waals surface area contributed by atoms with Gasteiger partial charge in [-0.1, -0.05) is 18.6 Å². The van der Waals surface area contributed by atoms with Gasteiger partial charge in [-0.05, 0) is 33.6 Å². The minimum absolute atomic E-state index is 0.146. The van der Waals surface area contributed by atoms with Gasteiger partial charge in [0.1, 0.15) is 5.60 Å². The fourth-order valence-corrected chi connectivity index (χ4v) is 1.18. The molecular weight excluding hydrogens is 192 g/mol. The van der Waals surface area contributed by atoms with Gasteiger partial charge in [0.2, 0.25) is 0 Å². The minimum atomic E-state index is -1.23. The summed E-state index contributed by atoms with van der Waals surface area (Å²) < 4.78 is 0. The van der Waals surface area contributed by atoms with Crippen molar-refractivity contribution in [3.05, 3.63) is 12.2 Å². The molecule has 0 aromatic rings. The average Bonchev–Trinajstić information content (AvgIpc) is 2.09. The highest BCUT2D eigenvalue weighted by molar-refractivity contribution is 5.86. The number of aliphatic hydroxyl groups excluding tert-OH is 1. The second kappa shape index (κ2) is 6.03. The third kappa shape index (κ3) is 6.42. The van der Waals surface area contributed by atoms with Crippen LogP contribution in [0.15, 0.2) is 12.2 Å². The van der Waals surface area contributed by atoms with Crippen molar-refractivity contribution in [1.29, 1.82) is 0 Å². The summed E-state index contributed by atoms with van der Waals surface area (Å²) in [5.74, 6) is -0.146. The number of carbonyl (C=O) groups is 1. The zero-order valence-corrected chi connectivity index (χ0v) is 9.92. The Labute approximate surface area is 91.8 Å². The van der Waals surface area contributed by atoms with Crippen LogP contribution >= 0.6 is 0 Å². The Balaban J connectivity index is 3.64. The molecule has 0 aliphatic heterocycles. The molecule has 0 saturated heterocycles. The molecule has 0 aromatic heterocycles. The lowest BCUT2D eigenvalue weighted by atomic mass is 9.97. The molecule has 3 heteroatoms. The summed E-state index contributed by atoms with van der Waals surface area (Å²) in [7, 11) is 0.